The highest BCUT2D eigenvalue weighted by molar-refractivity contribution is 6.40. The van der Waals surface area contributed by atoms with Crippen molar-refractivity contribution in [2.45, 2.75) is 26.2 Å². The summed E-state index contributed by atoms with van der Waals surface area (Å²) in [7, 11) is 0. The number of aliphatic hydroxyl groups excluding tert-OH is 1. The highest BCUT2D eigenvalue weighted by Gasteiger charge is 2.14. The highest BCUT2D eigenvalue weighted by Crippen LogP contribution is 2.22. The lowest BCUT2D eigenvalue weighted by Crippen LogP contribution is -2.36. The molecule has 0 radical (unpaired) electrons. The Bertz CT molecular complexity index is 477. The number of hydrogen-bond acceptors (Lipinski definition) is 3. The van der Waals surface area contributed by atoms with Crippen molar-refractivity contribution in [1.29, 1.82) is 0 Å². The van der Waals surface area contributed by atoms with Gasteiger partial charge in [0.15, 0.2) is 0 Å². The van der Waals surface area contributed by atoms with Crippen molar-refractivity contribution in [1.82, 2.24) is 5.32 Å². The maximum absolute atomic E-state index is 11.7. The summed E-state index contributed by atoms with van der Waals surface area (Å²) in [4.78, 5) is 23.3. The number of rotatable bonds is 6. The molecule has 5 nitrogen and oxygen atoms in total. The van der Waals surface area contributed by atoms with Crippen LogP contribution in [-0.4, -0.2) is 30.1 Å². The summed E-state index contributed by atoms with van der Waals surface area (Å²) in [6.45, 7) is 2.33. The maximum atomic E-state index is 11.7. The zero-order valence-electron chi connectivity index (χ0n) is 11.4. The van der Waals surface area contributed by atoms with Gasteiger partial charge >= 0.3 is 11.8 Å². The number of benzene rings is 1. The van der Waals surface area contributed by atoms with Crippen molar-refractivity contribution in [2.75, 3.05) is 18.5 Å². The third kappa shape index (κ3) is 5.19. The molecule has 3 N–H and O–H groups in total. The van der Waals surface area contributed by atoms with Crippen LogP contribution in [0.5, 0.6) is 0 Å². The van der Waals surface area contributed by atoms with Gasteiger partial charge in [0.2, 0.25) is 0 Å². The molecule has 0 spiro atoms. The first-order chi connectivity index (χ1) is 9.56. The molecular weight excluding hydrogens is 280 g/mol. The average molecular weight is 299 g/mol. The standard InChI is InChI=1S/C14H19ClN2O3/c1-10-11(15)6-5-7-12(10)17-14(20)13(19)16-8-3-2-4-9-18/h5-7,18H,2-4,8-9H2,1H3,(H,16,19)(H,17,20). The number of carbonyl (C=O) groups excluding carboxylic acids is 2. The van der Waals surface area contributed by atoms with E-state index in [4.69, 9.17) is 16.7 Å². The summed E-state index contributed by atoms with van der Waals surface area (Å²) in [5.74, 6) is -1.38. The number of hydrogen-bond donors (Lipinski definition) is 3. The highest BCUT2D eigenvalue weighted by atomic mass is 35.5. The molecule has 0 atom stereocenters. The number of unbranched alkanes of at least 4 members (excludes halogenated alkanes) is 2. The number of anilines is 1. The van der Waals surface area contributed by atoms with Crippen LogP contribution in [0.2, 0.25) is 5.02 Å². The van der Waals surface area contributed by atoms with Gasteiger partial charge in [-0.1, -0.05) is 17.7 Å². The summed E-state index contributed by atoms with van der Waals surface area (Å²) < 4.78 is 0. The molecule has 6 heteroatoms. The topological polar surface area (TPSA) is 78.4 Å². The third-order valence-corrected chi connectivity index (χ3v) is 3.25. The van der Waals surface area contributed by atoms with Crippen LogP contribution in [0.3, 0.4) is 0 Å². The van der Waals surface area contributed by atoms with Gasteiger partial charge in [0.05, 0.1) is 0 Å². The Balaban J connectivity index is 2.42. The Morgan fingerprint density at radius 3 is 2.65 bits per heavy atom. The van der Waals surface area contributed by atoms with E-state index in [0.717, 1.165) is 18.4 Å². The number of amides is 2. The van der Waals surface area contributed by atoms with Crippen molar-refractivity contribution in [3.8, 4) is 0 Å². The van der Waals surface area contributed by atoms with Crippen LogP contribution in [-0.2, 0) is 9.59 Å². The number of aliphatic hydroxyl groups is 1. The number of carbonyl (C=O) groups is 2. The molecule has 0 saturated heterocycles. The van der Waals surface area contributed by atoms with Gasteiger partial charge in [0.1, 0.15) is 0 Å². The first-order valence-electron chi connectivity index (χ1n) is 6.51. The zero-order valence-corrected chi connectivity index (χ0v) is 12.2. The van der Waals surface area contributed by atoms with Crippen molar-refractivity contribution >= 4 is 29.1 Å². The Kier molecular flexibility index (Phi) is 7.04. The molecule has 0 aliphatic rings. The van der Waals surface area contributed by atoms with Crippen molar-refractivity contribution < 1.29 is 14.7 Å². The van der Waals surface area contributed by atoms with E-state index in [-0.39, 0.29) is 6.61 Å². The van der Waals surface area contributed by atoms with Gasteiger partial charge in [-0.15, -0.1) is 0 Å². The van der Waals surface area contributed by atoms with E-state index in [9.17, 15) is 9.59 Å². The molecule has 0 saturated carbocycles. The van der Waals surface area contributed by atoms with Gasteiger partial charge < -0.3 is 15.7 Å². The first kappa shape index (κ1) is 16.5. The summed E-state index contributed by atoms with van der Waals surface area (Å²) in [5, 5.41) is 14.2. The van der Waals surface area contributed by atoms with E-state index in [1.54, 1.807) is 25.1 Å². The van der Waals surface area contributed by atoms with Gasteiger partial charge in [-0.2, -0.15) is 0 Å². The minimum atomic E-state index is -0.711. The molecule has 20 heavy (non-hydrogen) atoms. The fourth-order valence-electron chi connectivity index (χ4n) is 1.62. The second-order valence-electron chi connectivity index (χ2n) is 4.41. The molecule has 0 unspecified atom stereocenters. The molecule has 1 rings (SSSR count). The van der Waals surface area contributed by atoms with Crippen LogP contribution in [0.1, 0.15) is 24.8 Å². The average Bonchev–Trinajstić information content (AvgIpc) is 2.43. The number of halogens is 1. The van der Waals surface area contributed by atoms with Crippen LogP contribution < -0.4 is 10.6 Å². The van der Waals surface area contributed by atoms with E-state index in [1.807, 2.05) is 0 Å². The monoisotopic (exact) mass is 298 g/mol. The summed E-state index contributed by atoms with van der Waals surface area (Å²) in [5.41, 5.74) is 1.25. The summed E-state index contributed by atoms with van der Waals surface area (Å²) in [6, 6.07) is 5.11. The normalized spacial score (nSPS) is 10.2. The molecule has 0 heterocycles. The maximum Gasteiger partial charge on any atom is 0.313 e. The Labute approximate surface area is 123 Å². The molecule has 0 fully saturated rings. The molecule has 0 aliphatic carbocycles. The van der Waals surface area contributed by atoms with Crippen molar-refractivity contribution in [3.05, 3.63) is 28.8 Å². The van der Waals surface area contributed by atoms with E-state index in [0.29, 0.717) is 23.7 Å². The summed E-state index contributed by atoms with van der Waals surface area (Å²) >= 11 is 5.94. The molecule has 2 amide bonds. The molecule has 0 bridgehead atoms. The SMILES string of the molecule is Cc1c(Cl)cccc1NC(=O)C(=O)NCCCCCO. The van der Waals surface area contributed by atoms with Crippen LogP contribution in [0.15, 0.2) is 18.2 Å². The van der Waals surface area contributed by atoms with Gasteiger partial charge in [-0.25, -0.2) is 0 Å². The minimum Gasteiger partial charge on any atom is -0.396 e. The second-order valence-corrected chi connectivity index (χ2v) is 4.81. The predicted octanol–water partition coefficient (Wildman–Crippen LogP) is 1.87. The van der Waals surface area contributed by atoms with E-state index >= 15 is 0 Å². The molecular formula is C14H19ClN2O3. The fourth-order valence-corrected chi connectivity index (χ4v) is 1.79. The Morgan fingerprint density at radius 1 is 1.20 bits per heavy atom. The third-order valence-electron chi connectivity index (χ3n) is 2.84. The second kappa shape index (κ2) is 8.55. The quantitative estimate of drug-likeness (QED) is 0.554. The van der Waals surface area contributed by atoms with E-state index in [2.05, 4.69) is 10.6 Å². The van der Waals surface area contributed by atoms with Gasteiger partial charge in [0, 0.05) is 23.9 Å². The minimum absolute atomic E-state index is 0.141. The van der Waals surface area contributed by atoms with Gasteiger partial charge in [0.25, 0.3) is 0 Å². The van der Waals surface area contributed by atoms with Crippen LogP contribution in [0.4, 0.5) is 5.69 Å². The van der Waals surface area contributed by atoms with Crippen molar-refractivity contribution in [2.24, 2.45) is 0 Å². The zero-order chi connectivity index (χ0) is 15.0. The Hall–Kier alpha value is -1.59. The fraction of sp³-hybridized carbons (Fsp3) is 0.429. The lowest BCUT2D eigenvalue weighted by atomic mass is 10.2. The van der Waals surface area contributed by atoms with E-state index in [1.165, 1.54) is 0 Å². The molecule has 0 aliphatic heterocycles. The van der Waals surface area contributed by atoms with Crippen LogP contribution in [0, 0.1) is 6.92 Å². The predicted molar refractivity (Wildman–Crippen MR) is 78.8 cm³/mol. The number of nitrogens with one attached hydrogen (secondary N) is 2. The summed E-state index contributed by atoms with van der Waals surface area (Å²) in [6.07, 6.45) is 2.24. The van der Waals surface area contributed by atoms with Gasteiger partial charge in [-0.3, -0.25) is 9.59 Å². The van der Waals surface area contributed by atoms with Crippen LogP contribution in [0.25, 0.3) is 0 Å². The lowest BCUT2D eigenvalue weighted by Gasteiger charge is -2.09. The first-order valence-corrected chi connectivity index (χ1v) is 6.89. The van der Waals surface area contributed by atoms with Gasteiger partial charge in [-0.05, 0) is 43.9 Å². The largest absolute Gasteiger partial charge is 0.396 e. The van der Waals surface area contributed by atoms with Crippen molar-refractivity contribution in [3.63, 3.8) is 0 Å². The molecule has 0 aromatic heterocycles. The molecule has 1 aromatic carbocycles. The Morgan fingerprint density at radius 2 is 1.95 bits per heavy atom. The smallest absolute Gasteiger partial charge is 0.313 e. The van der Waals surface area contributed by atoms with E-state index < -0.39 is 11.8 Å². The lowest BCUT2D eigenvalue weighted by molar-refractivity contribution is -0.136. The molecule has 1 aromatic rings. The molecule has 110 valence electrons. The van der Waals surface area contributed by atoms with Crippen LogP contribution >= 0.6 is 11.6 Å².